The number of hydrogen-bond acceptors (Lipinski definition) is 14. The predicted molar refractivity (Wildman–Crippen MR) is 199 cm³/mol. The minimum absolute atomic E-state index is 0.0226. The van der Waals surface area contributed by atoms with Crippen molar-refractivity contribution in [2.45, 2.75) is 59.8 Å². The Morgan fingerprint density at radius 2 is 0.811 bits per heavy atom. The molecule has 0 aliphatic rings. The first-order valence-corrected chi connectivity index (χ1v) is 18.6. The lowest BCUT2D eigenvalue weighted by atomic mass is 10.1. The fourth-order valence-corrected chi connectivity index (χ4v) is 4.13. The molecule has 1 aromatic rings. The molecular weight excluding hydrogens is 692 g/mol. The van der Waals surface area contributed by atoms with Crippen molar-refractivity contribution in [3.63, 3.8) is 0 Å². The third-order valence-corrected chi connectivity index (χ3v) is 7.48. The Balaban J connectivity index is 2.05. The summed E-state index contributed by atoms with van der Waals surface area (Å²) >= 11 is 0. The molecule has 0 spiro atoms. The molecule has 0 bridgehead atoms. The van der Waals surface area contributed by atoms with Crippen LogP contribution in [0.25, 0.3) is 0 Å². The molecule has 0 radical (unpaired) electrons. The monoisotopic (exact) mass is 756 g/mol. The number of hydrogen-bond donors (Lipinski definition) is 6. The summed E-state index contributed by atoms with van der Waals surface area (Å²) < 4.78 is 32.9. The van der Waals surface area contributed by atoms with Crippen LogP contribution in [0, 0.1) is 11.8 Å². The molecule has 1 heterocycles. The first-order chi connectivity index (χ1) is 25.6. The smallest absolute Gasteiger partial charge is 0.273 e. The summed E-state index contributed by atoms with van der Waals surface area (Å²) in [7, 11) is 0. The number of aromatic nitrogens is 2. The van der Waals surface area contributed by atoms with E-state index in [9.17, 15) is 19.2 Å². The Morgan fingerprint density at radius 3 is 1.13 bits per heavy atom. The van der Waals surface area contributed by atoms with Crippen LogP contribution in [-0.2, 0) is 38.0 Å². The highest BCUT2D eigenvalue weighted by Crippen LogP contribution is 2.13. The predicted octanol–water partition coefficient (Wildman–Crippen LogP) is 0.695. The van der Waals surface area contributed by atoms with Crippen molar-refractivity contribution in [3.05, 3.63) is 11.4 Å². The van der Waals surface area contributed by atoms with Gasteiger partial charge in [0.15, 0.2) is 23.0 Å². The van der Waals surface area contributed by atoms with Crippen LogP contribution < -0.4 is 32.7 Å². The highest BCUT2D eigenvalue weighted by molar-refractivity contribution is 6.00. The molecule has 0 fully saturated rings. The van der Waals surface area contributed by atoms with Gasteiger partial charge in [0.25, 0.3) is 11.8 Å². The molecule has 0 aliphatic heterocycles. The van der Waals surface area contributed by atoms with Crippen LogP contribution in [0.5, 0.6) is 0 Å². The van der Waals surface area contributed by atoms with E-state index in [1.54, 1.807) is 0 Å². The molecule has 1 atom stereocenters. The molecule has 18 heteroatoms. The number of amides is 4. The van der Waals surface area contributed by atoms with Gasteiger partial charge < -0.3 is 61.2 Å². The normalized spacial score (nSPS) is 11.7. The molecule has 53 heavy (non-hydrogen) atoms. The van der Waals surface area contributed by atoms with E-state index in [0.717, 1.165) is 19.3 Å². The first kappa shape index (κ1) is 47.3. The summed E-state index contributed by atoms with van der Waals surface area (Å²) in [6, 6.07) is 0. The van der Waals surface area contributed by atoms with Crippen LogP contribution in [0.15, 0.2) is 0 Å². The molecule has 0 aliphatic carbocycles. The zero-order valence-electron chi connectivity index (χ0n) is 32.1. The van der Waals surface area contributed by atoms with E-state index in [1.807, 2.05) is 27.7 Å². The van der Waals surface area contributed by atoms with E-state index < -0.39 is 11.8 Å². The van der Waals surface area contributed by atoms with Crippen LogP contribution in [0.3, 0.4) is 0 Å². The molecule has 1 unspecified atom stereocenters. The SMILES string of the molecule is CCC(C)C(=O)NCCCOCCOCCOCCCNC(=O)c1nc(N)c(C(=O)NCCCOCCOCCOCCCNC(=O)C(C)C)nc1N. The van der Waals surface area contributed by atoms with Crippen molar-refractivity contribution < 1.29 is 47.6 Å². The van der Waals surface area contributed by atoms with Crippen molar-refractivity contribution in [3.8, 4) is 0 Å². The fourth-order valence-electron chi connectivity index (χ4n) is 4.13. The van der Waals surface area contributed by atoms with Gasteiger partial charge in [-0.15, -0.1) is 0 Å². The standard InChI is InChI=1S/C35H64N8O10/c1-5-27(4)33(45)39-11-7-15-49-19-23-53-25-21-51-17-9-13-41-35(47)29-31(37)42-28(30(36)43-29)34(46)40-12-8-16-50-20-24-52-22-18-48-14-6-10-38-32(44)26(2)3/h26-27H,5-25H2,1-4H3,(H2,36,43)(H2,37,42)(H,38,44)(H,39,45)(H,40,46)(H,41,47). The number of carbonyl (C=O) groups excluding carboxylic acids is 4. The van der Waals surface area contributed by atoms with Crippen molar-refractivity contribution in [2.24, 2.45) is 11.8 Å². The van der Waals surface area contributed by atoms with E-state index in [-0.39, 0.29) is 46.7 Å². The maximum absolute atomic E-state index is 12.6. The summed E-state index contributed by atoms with van der Waals surface area (Å²) in [4.78, 5) is 56.3. The van der Waals surface area contributed by atoms with Gasteiger partial charge in [0.1, 0.15) is 0 Å². The number of nitrogens with one attached hydrogen (secondary N) is 4. The molecular formula is C35H64N8O10. The van der Waals surface area contributed by atoms with E-state index in [0.29, 0.717) is 118 Å². The number of carbonyl (C=O) groups is 4. The lowest BCUT2D eigenvalue weighted by Crippen LogP contribution is -2.31. The van der Waals surface area contributed by atoms with Crippen LogP contribution >= 0.6 is 0 Å². The number of rotatable bonds is 33. The van der Waals surface area contributed by atoms with Crippen molar-refractivity contribution in [1.29, 1.82) is 0 Å². The van der Waals surface area contributed by atoms with Gasteiger partial charge in [0, 0.05) is 64.4 Å². The number of anilines is 2. The van der Waals surface area contributed by atoms with Gasteiger partial charge in [-0.25, -0.2) is 9.97 Å². The van der Waals surface area contributed by atoms with E-state index >= 15 is 0 Å². The highest BCUT2D eigenvalue weighted by atomic mass is 16.5. The second kappa shape index (κ2) is 30.7. The van der Waals surface area contributed by atoms with Crippen LogP contribution in [0.4, 0.5) is 11.6 Å². The molecule has 0 saturated carbocycles. The van der Waals surface area contributed by atoms with Crippen molar-refractivity contribution >= 4 is 35.3 Å². The Labute approximate surface area is 313 Å². The number of ether oxygens (including phenoxy) is 6. The Morgan fingerprint density at radius 1 is 0.509 bits per heavy atom. The Kier molecular flexibility index (Phi) is 27.5. The summed E-state index contributed by atoms with van der Waals surface area (Å²) in [5.41, 5.74) is 11.5. The van der Waals surface area contributed by atoms with E-state index in [4.69, 9.17) is 39.9 Å². The quantitative estimate of drug-likeness (QED) is 0.0541. The molecule has 0 saturated heterocycles. The number of nitrogens with zero attached hydrogens (tertiary/aromatic N) is 2. The maximum Gasteiger partial charge on any atom is 0.273 e. The molecule has 0 aromatic carbocycles. The molecule has 1 aromatic heterocycles. The third kappa shape index (κ3) is 23.6. The van der Waals surface area contributed by atoms with E-state index in [2.05, 4.69) is 31.2 Å². The van der Waals surface area contributed by atoms with Gasteiger partial charge in [-0.3, -0.25) is 19.2 Å². The van der Waals surface area contributed by atoms with Crippen molar-refractivity contribution in [2.75, 3.05) is 117 Å². The Hall–Kier alpha value is -3.68. The zero-order valence-corrected chi connectivity index (χ0v) is 32.1. The summed E-state index contributed by atoms with van der Waals surface area (Å²) in [5, 5.41) is 11.1. The van der Waals surface area contributed by atoms with E-state index in [1.165, 1.54) is 0 Å². The summed E-state index contributed by atoms with van der Waals surface area (Å²) in [6.07, 6.45) is 3.39. The lowest BCUT2D eigenvalue weighted by molar-refractivity contribution is -0.125. The topological polar surface area (TPSA) is 250 Å². The first-order valence-electron chi connectivity index (χ1n) is 18.6. The highest BCUT2D eigenvalue weighted by Gasteiger charge is 2.20. The van der Waals surface area contributed by atoms with Gasteiger partial charge in [-0.2, -0.15) is 0 Å². The van der Waals surface area contributed by atoms with Gasteiger partial charge in [-0.05, 0) is 32.1 Å². The average molecular weight is 757 g/mol. The van der Waals surface area contributed by atoms with Crippen LogP contribution in [0.1, 0.15) is 80.8 Å². The third-order valence-electron chi connectivity index (χ3n) is 7.48. The zero-order chi connectivity index (χ0) is 39.1. The second-order valence-electron chi connectivity index (χ2n) is 12.3. The molecule has 4 amide bonds. The largest absolute Gasteiger partial charge is 0.382 e. The van der Waals surface area contributed by atoms with Crippen LogP contribution in [-0.4, -0.2) is 139 Å². The molecule has 18 nitrogen and oxygen atoms in total. The second-order valence-corrected chi connectivity index (χ2v) is 12.3. The molecule has 8 N–H and O–H groups in total. The summed E-state index contributed by atoms with van der Waals surface area (Å²) in [5.74, 6) is -1.43. The average Bonchev–Trinajstić information content (AvgIpc) is 3.14. The Bertz CT molecular complexity index is 1180. The summed E-state index contributed by atoms with van der Waals surface area (Å²) in [6.45, 7) is 14.7. The van der Waals surface area contributed by atoms with Gasteiger partial charge >= 0.3 is 0 Å². The minimum atomic E-state index is -0.563. The van der Waals surface area contributed by atoms with Gasteiger partial charge in [0.2, 0.25) is 11.8 Å². The van der Waals surface area contributed by atoms with Gasteiger partial charge in [-0.1, -0.05) is 27.7 Å². The number of nitrogens with two attached hydrogens (primary N) is 2. The molecule has 304 valence electrons. The van der Waals surface area contributed by atoms with Crippen LogP contribution in [0.2, 0.25) is 0 Å². The lowest BCUT2D eigenvalue weighted by Gasteiger charge is -2.11. The molecule has 1 rings (SSSR count). The van der Waals surface area contributed by atoms with Gasteiger partial charge in [0.05, 0.1) is 52.9 Å². The fraction of sp³-hybridized carbons (Fsp3) is 0.771. The van der Waals surface area contributed by atoms with Crippen molar-refractivity contribution in [1.82, 2.24) is 31.2 Å². The maximum atomic E-state index is 12.6. The minimum Gasteiger partial charge on any atom is -0.382 e. The number of nitrogen functional groups attached to an aromatic ring is 2.